The molecule has 6 heteroatoms. The summed E-state index contributed by atoms with van der Waals surface area (Å²) in [5, 5.41) is 0.686. The third-order valence-corrected chi connectivity index (χ3v) is 3.28. The third-order valence-electron chi connectivity index (χ3n) is 3.05. The summed E-state index contributed by atoms with van der Waals surface area (Å²) in [4.78, 5) is 11.5. The van der Waals surface area contributed by atoms with Gasteiger partial charge in [-0.2, -0.15) is 0 Å². The number of esters is 1. The molecule has 2 atom stereocenters. The van der Waals surface area contributed by atoms with Gasteiger partial charge in [0.2, 0.25) is 0 Å². The van der Waals surface area contributed by atoms with Crippen LogP contribution >= 0.6 is 24.0 Å². The number of fused-ring (bicyclic) bond motifs is 1. The highest BCUT2D eigenvalue weighted by atomic mass is 35.5. The maximum atomic E-state index is 11.5. The van der Waals surface area contributed by atoms with E-state index < -0.39 is 0 Å². The number of methoxy groups -OCH3 is 1. The number of ether oxygens (including phenoxy) is 1. The van der Waals surface area contributed by atoms with E-state index in [1.807, 2.05) is 18.2 Å². The Balaban J connectivity index is 0.00000144. The molecule has 0 aliphatic heterocycles. The van der Waals surface area contributed by atoms with Crippen molar-refractivity contribution in [3.8, 4) is 0 Å². The van der Waals surface area contributed by atoms with Crippen LogP contribution in [0.25, 0.3) is 0 Å². The summed E-state index contributed by atoms with van der Waals surface area (Å²) >= 11 is 5.92. The Bertz CT molecular complexity index is 426. The van der Waals surface area contributed by atoms with Gasteiger partial charge in [-0.05, 0) is 36.1 Å². The fourth-order valence-electron chi connectivity index (χ4n) is 2.23. The van der Waals surface area contributed by atoms with Crippen LogP contribution in [0.15, 0.2) is 18.2 Å². The molecule has 1 aromatic carbocycles. The van der Waals surface area contributed by atoms with Gasteiger partial charge in [0.15, 0.2) is 0 Å². The van der Waals surface area contributed by atoms with Crippen LogP contribution in [0.5, 0.6) is 0 Å². The minimum atomic E-state index is -0.184. The van der Waals surface area contributed by atoms with Crippen LogP contribution < -0.4 is 5.73 Å². The first-order valence-electron chi connectivity index (χ1n) is 5.23. The molecule has 0 bridgehead atoms. The van der Waals surface area contributed by atoms with E-state index >= 15 is 0 Å². The van der Waals surface area contributed by atoms with E-state index in [9.17, 15) is 4.79 Å². The van der Waals surface area contributed by atoms with E-state index in [-0.39, 0.29) is 35.8 Å². The molecule has 0 amide bonds. The van der Waals surface area contributed by atoms with E-state index in [0.29, 0.717) is 17.9 Å². The van der Waals surface area contributed by atoms with Gasteiger partial charge < -0.3 is 15.9 Å². The number of rotatable bonds is 1. The summed E-state index contributed by atoms with van der Waals surface area (Å²) in [5.41, 5.74) is 8.18. The Morgan fingerprint density at radius 2 is 2.17 bits per heavy atom. The van der Waals surface area contributed by atoms with Crippen LogP contribution in [-0.2, 0) is 16.0 Å². The van der Waals surface area contributed by atoms with Crippen molar-refractivity contribution in [1.82, 2.24) is 0 Å². The molecule has 4 nitrogen and oxygen atoms in total. The molecule has 2 unspecified atom stereocenters. The number of benzene rings is 1. The number of carbonyl (C=O) groups is 1. The lowest BCUT2D eigenvalue weighted by molar-refractivity contribution is -0.146. The van der Waals surface area contributed by atoms with Gasteiger partial charge in [-0.25, -0.2) is 0 Å². The molecule has 2 rings (SSSR count). The first-order valence-corrected chi connectivity index (χ1v) is 5.61. The maximum absolute atomic E-state index is 11.5. The van der Waals surface area contributed by atoms with E-state index in [1.54, 1.807) is 0 Å². The van der Waals surface area contributed by atoms with Gasteiger partial charge >= 0.3 is 5.97 Å². The minimum absolute atomic E-state index is 0. The van der Waals surface area contributed by atoms with Crippen LogP contribution in [0.2, 0.25) is 5.02 Å². The summed E-state index contributed by atoms with van der Waals surface area (Å²) in [7, 11) is 1.41. The summed E-state index contributed by atoms with van der Waals surface area (Å²) in [6, 6.07) is 5.51. The van der Waals surface area contributed by atoms with Crippen molar-refractivity contribution < 1.29 is 15.0 Å². The molecular weight excluding hydrogens is 277 g/mol. The largest absolute Gasteiger partial charge is 0.469 e. The molecular formula is C12H17Cl2NO3. The van der Waals surface area contributed by atoms with Gasteiger partial charge in [-0.1, -0.05) is 17.7 Å². The van der Waals surface area contributed by atoms with Crippen LogP contribution in [0.1, 0.15) is 23.6 Å². The fourth-order valence-corrected chi connectivity index (χ4v) is 2.41. The molecule has 4 N–H and O–H groups in total. The average molecular weight is 294 g/mol. The highest BCUT2D eigenvalue weighted by Gasteiger charge is 2.29. The molecule has 0 aromatic heterocycles. The van der Waals surface area contributed by atoms with E-state index in [0.717, 1.165) is 11.1 Å². The van der Waals surface area contributed by atoms with E-state index in [2.05, 4.69) is 0 Å². The van der Waals surface area contributed by atoms with Gasteiger partial charge in [0, 0.05) is 11.1 Å². The van der Waals surface area contributed by atoms with Crippen LogP contribution in [0.4, 0.5) is 0 Å². The number of hydrogen-bond acceptors (Lipinski definition) is 3. The van der Waals surface area contributed by atoms with Crippen LogP contribution in [0, 0.1) is 5.92 Å². The first kappa shape index (κ1) is 17.2. The van der Waals surface area contributed by atoms with Crippen molar-refractivity contribution >= 4 is 30.0 Å². The maximum Gasteiger partial charge on any atom is 0.309 e. The van der Waals surface area contributed by atoms with Crippen molar-refractivity contribution in [3.63, 3.8) is 0 Å². The highest BCUT2D eigenvalue weighted by molar-refractivity contribution is 6.30. The molecule has 1 aliphatic carbocycles. The number of nitrogens with two attached hydrogens (primary N) is 1. The Morgan fingerprint density at radius 1 is 1.50 bits per heavy atom. The molecule has 0 heterocycles. The molecule has 0 fully saturated rings. The predicted molar refractivity (Wildman–Crippen MR) is 73.1 cm³/mol. The second kappa shape index (κ2) is 6.95. The molecule has 1 aliphatic rings. The molecule has 1 aromatic rings. The average Bonchev–Trinajstić information content (AvgIpc) is 2.28. The Morgan fingerprint density at radius 3 is 2.78 bits per heavy atom. The van der Waals surface area contributed by atoms with Gasteiger partial charge in [-0.3, -0.25) is 4.79 Å². The summed E-state index contributed by atoms with van der Waals surface area (Å²) in [6.07, 6.45) is 1.31. The molecule has 18 heavy (non-hydrogen) atoms. The molecule has 0 saturated carbocycles. The van der Waals surface area contributed by atoms with E-state index in [4.69, 9.17) is 22.1 Å². The van der Waals surface area contributed by atoms with Crippen LogP contribution in [-0.4, -0.2) is 18.6 Å². The Labute approximate surface area is 117 Å². The second-order valence-electron chi connectivity index (χ2n) is 4.11. The smallest absolute Gasteiger partial charge is 0.309 e. The highest BCUT2D eigenvalue weighted by Crippen LogP contribution is 2.33. The number of hydrogen-bond donors (Lipinski definition) is 1. The standard InChI is InChI=1S/C12H14ClNO2.ClH.H2O/c1-16-12(15)8-4-7-2-3-9(13)6-10(7)11(14)5-8;;/h2-3,6,8,11H,4-5,14H2,1H3;1H;1H2. The quantitative estimate of drug-likeness (QED) is 0.800. The lowest BCUT2D eigenvalue weighted by atomic mass is 9.81. The van der Waals surface area contributed by atoms with Crippen molar-refractivity contribution in [1.29, 1.82) is 0 Å². The van der Waals surface area contributed by atoms with Crippen LogP contribution in [0.3, 0.4) is 0 Å². The zero-order chi connectivity index (χ0) is 11.7. The fraction of sp³-hybridized carbons (Fsp3) is 0.417. The van der Waals surface area contributed by atoms with E-state index in [1.165, 1.54) is 7.11 Å². The number of carbonyl (C=O) groups excluding carboxylic acids is 1. The molecule has 0 saturated heterocycles. The van der Waals surface area contributed by atoms with Crippen molar-refractivity contribution in [3.05, 3.63) is 34.3 Å². The lowest BCUT2D eigenvalue weighted by Crippen LogP contribution is -2.29. The molecule has 102 valence electrons. The second-order valence-corrected chi connectivity index (χ2v) is 4.55. The monoisotopic (exact) mass is 293 g/mol. The number of halogens is 2. The minimum Gasteiger partial charge on any atom is -0.469 e. The van der Waals surface area contributed by atoms with Crippen molar-refractivity contribution in [2.45, 2.75) is 18.9 Å². The molecule has 0 spiro atoms. The topological polar surface area (TPSA) is 83.8 Å². The van der Waals surface area contributed by atoms with Gasteiger partial charge in [0.25, 0.3) is 0 Å². The normalized spacial score (nSPS) is 21.1. The zero-order valence-corrected chi connectivity index (χ0v) is 11.6. The molecule has 0 radical (unpaired) electrons. The van der Waals surface area contributed by atoms with Gasteiger partial charge in [-0.15, -0.1) is 12.4 Å². The Hall–Kier alpha value is -0.810. The summed E-state index contributed by atoms with van der Waals surface area (Å²) in [5.74, 6) is -0.315. The lowest BCUT2D eigenvalue weighted by Gasteiger charge is -2.27. The third kappa shape index (κ3) is 3.36. The van der Waals surface area contributed by atoms with Crippen molar-refractivity contribution in [2.24, 2.45) is 11.7 Å². The van der Waals surface area contributed by atoms with Crippen molar-refractivity contribution in [2.75, 3.05) is 7.11 Å². The SMILES string of the molecule is COC(=O)C1Cc2ccc(Cl)cc2C(N)C1.Cl.O. The van der Waals surface area contributed by atoms with Gasteiger partial charge in [0.1, 0.15) is 0 Å². The summed E-state index contributed by atoms with van der Waals surface area (Å²) in [6.45, 7) is 0. The Kier molecular flexibility index (Phi) is 6.63. The van der Waals surface area contributed by atoms with Gasteiger partial charge in [0.05, 0.1) is 13.0 Å². The zero-order valence-electron chi connectivity index (χ0n) is 9.98. The first-order chi connectivity index (χ1) is 7.61. The predicted octanol–water partition coefficient (Wildman–Crippen LogP) is 1.67. The summed E-state index contributed by atoms with van der Waals surface area (Å²) < 4.78 is 4.76.